The number of benzene rings is 1. The summed E-state index contributed by atoms with van der Waals surface area (Å²) >= 11 is 6.38. The molecular formula is C26H33ClN2O4S. The van der Waals surface area contributed by atoms with Gasteiger partial charge in [-0.1, -0.05) is 36.4 Å². The first-order valence-corrected chi connectivity index (χ1v) is 13.9. The van der Waals surface area contributed by atoms with Gasteiger partial charge >= 0.3 is 5.97 Å². The maximum atomic E-state index is 12.1. The molecule has 1 unspecified atom stereocenters. The fourth-order valence-electron chi connectivity index (χ4n) is 4.97. The van der Waals surface area contributed by atoms with Crippen molar-refractivity contribution in [1.29, 1.82) is 0 Å². The number of carbonyl (C=O) groups is 1. The number of esters is 1. The van der Waals surface area contributed by atoms with Crippen molar-refractivity contribution in [2.45, 2.75) is 45.4 Å². The number of hydrogen-bond acceptors (Lipinski definition) is 5. The molecule has 1 heterocycles. The number of aliphatic imine (C=N–C) groups is 1. The third-order valence-corrected chi connectivity index (χ3v) is 8.03. The second kappa shape index (κ2) is 11.5. The van der Waals surface area contributed by atoms with E-state index in [0.717, 1.165) is 40.8 Å². The maximum absolute atomic E-state index is 12.1. The molecule has 2 aliphatic rings. The molecular weight excluding hydrogens is 472 g/mol. The van der Waals surface area contributed by atoms with Gasteiger partial charge in [-0.2, -0.15) is 0 Å². The smallest absolute Gasteiger partial charge is 0.306 e. The standard InChI is InChI=1S/C26H33ClN2O4S/c1-5-22-19(8-11-24(30)33-7-3)16-20-17-21(27)9-10-23(20)25(26(22)28-6-2)18-12-14-29(15-13-18)34(4,31)32/h5-6,9-10,16-18,25H,2,7-8,11-15H2,1,3-4H3/b22-5-,28-26?. The first-order chi connectivity index (χ1) is 16.2. The number of sulfonamides is 1. The fraction of sp³-hybridized carbons (Fsp3) is 0.462. The molecule has 0 saturated carbocycles. The van der Waals surface area contributed by atoms with Crippen LogP contribution in [0.25, 0.3) is 6.08 Å². The van der Waals surface area contributed by atoms with Gasteiger partial charge in [0.2, 0.25) is 10.0 Å². The molecule has 0 spiro atoms. The van der Waals surface area contributed by atoms with Crippen molar-refractivity contribution in [2.24, 2.45) is 10.9 Å². The van der Waals surface area contributed by atoms with E-state index in [9.17, 15) is 13.2 Å². The Morgan fingerprint density at radius 1 is 1.32 bits per heavy atom. The summed E-state index contributed by atoms with van der Waals surface area (Å²) in [6.07, 6.45) is 9.19. The van der Waals surface area contributed by atoms with Crippen LogP contribution in [0.3, 0.4) is 0 Å². The number of fused-ring (bicyclic) bond motifs is 1. The van der Waals surface area contributed by atoms with Crippen LogP contribution < -0.4 is 0 Å². The maximum Gasteiger partial charge on any atom is 0.306 e. The highest BCUT2D eigenvalue weighted by Crippen LogP contribution is 2.43. The van der Waals surface area contributed by atoms with Crippen molar-refractivity contribution in [1.82, 2.24) is 4.31 Å². The van der Waals surface area contributed by atoms with E-state index < -0.39 is 10.0 Å². The van der Waals surface area contributed by atoms with Crippen LogP contribution in [0, 0.1) is 5.92 Å². The molecule has 184 valence electrons. The summed E-state index contributed by atoms with van der Waals surface area (Å²) in [6, 6.07) is 5.88. The van der Waals surface area contributed by atoms with Crippen LogP contribution in [-0.4, -0.2) is 50.4 Å². The highest BCUT2D eigenvalue weighted by atomic mass is 35.5. The largest absolute Gasteiger partial charge is 0.466 e. The highest BCUT2D eigenvalue weighted by molar-refractivity contribution is 7.88. The summed E-state index contributed by atoms with van der Waals surface area (Å²) in [5.41, 5.74) is 4.97. The summed E-state index contributed by atoms with van der Waals surface area (Å²) in [7, 11) is -3.22. The molecule has 1 aromatic rings. The third-order valence-electron chi connectivity index (χ3n) is 6.49. The van der Waals surface area contributed by atoms with Crippen LogP contribution in [0.2, 0.25) is 5.02 Å². The lowest BCUT2D eigenvalue weighted by atomic mass is 9.75. The van der Waals surface area contributed by atoms with Crippen LogP contribution in [0.1, 0.15) is 56.6 Å². The van der Waals surface area contributed by atoms with Crippen molar-refractivity contribution in [2.75, 3.05) is 26.0 Å². The molecule has 8 heteroatoms. The van der Waals surface area contributed by atoms with Crippen molar-refractivity contribution in [3.63, 3.8) is 0 Å². The number of allylic oxidation sites excluding steroid dienone is 3. The van der Waals surface area contributed by atoms with Gasteiger partial charge in [0, 0.05) is 36.7 Å². The Kier molecular flexibility index (Phi) is 8.90. The monoisotopic (exact) mass is 504 g/mol. The number of carbonyl (C=O) groups excluding carboxylic acids is 1. The Balaban J connectivity index is 2.06. The number of piperidine rings is 1. The zero-order valence-electron chi connectivity index (χ0n) is 20.1. The van der Waals surface area contributed by atoms with Gasteiger partial charge in [0.15, 0.2) is 0 Å². The van der Waals surface area contributed by atoms with Gasteiger partial charge in [-0.3, -0.25) is 9.79 Å². The van der Waals surface area contributed by atoms with Gasteiger partial charge in [0.25, 0.3) is 0 Å². The van der Waals surface area contributed by atoms with Crippen LogP contribution >= 0.6 is 11.6 Å². The zero-order valence-corrected chi connectivity index (χ0v) is 21.7. The number of rotatable bonds is 7. The summed E-state index contributed by atoms with van der Waals surface area (Å²) in [4.78, 5) is 16.9. The Bertz CT molecular complexity index is 1130. The van der Waals surface area contributed by atoms with E-state index in [1.54, 1.807) is 17.4 Å². The zero-order chi connectivity index (χ0) is 24.9. The number of hydrogen-bond donors (Lipinski definition) is 0. The molecule has 34 heavy (non-hydrogen) atoms. The average Bonchev–Trinajstić information content (AvgIpc) is 2.91. The minimum Gasteiger partial charge on any atom is -0.466 e. The molecule has 1 atom stereocenters. The van der Waals surface area contributed by atoms with Crippen LogP contribution in [0.5, 0.6) is 0 Å². The van der Waals surface area contributed by atoms with Gasteiger partial charge in [-0.15, -0.1) is 0 Å². The predicted molar refractivity (Wildman–Crippen MR) is 139 cm³/mol. The van der Waals surface area contributed by atoms with Gasteiger partial charge < -0.3 is 4.74 Å². The molecule has 1 aliphatic heterocycles. The molecule has 0 N–H and O–H groups in total. The van der Waals surface area contributed by atoms with Crippen molar-refractivity contribution >= 4 is 39.4 Å². The average molecular weight is 505 g/mol. The van der Waals surface area contributed by atoms with Gasteiger partial charge in [-0.05, 0) is 73.4 Å². The topological polar surface area (TPSA) is 76.0 Å². The molecule has 0 aromatic heterocycles. The summed E-state index contributed by atoms with van der Waals surface area (Å²) in [5.74, 6) is -0.0831. The van der Waals surface area contributed by atoms with E-state index in [-0.39, 0.29) is 24.2 Å². The molecule has 1 fully saturated rings. The van der Waals surface area contributed by atoms with E-state index in [2.05, 4.69) is 12.7 Å². The van der Waals surface area contributed by atoms with Crippen molar-refractivity contribution in [3.8, 4) is 0 Å². The van der Waals surface area contributed by atoms with Gasteiger partial charge in [0.1, 0.15) is 0 Å². The van der Waals surface area contributed by atoms with Gasteiger partial charge in [-0.25, -0.2) is 12.7 Å². The number of halogens is 1. The second-order valence-corrected chi connectivity index (χ2v) is 11.0. The van der Waals surface area contributed by atoms with Crippen LogP contribution in [0.15, 0.2) is 53.2 Å². The minimum atomic E-state index is -3.22. The lowest BCUT2D eigenvalue weighted by Crippen LogP contribution is -2.40. The molecule has 1 saturated heterocycles. The number of nitrogens with zero attached hydrogens (tertiary/aromatic N) is 2. The lowest BCUT2D eigenvalue weighted by molar-refractivity contribution is -0.143. The summed E-state index contributed by atoms with van der Waals surface area (Å²) in [5, 5.41) is 0.636. The fourth-order valence-corrected chi connectivity index (χ4v) is 6.03. The molecule has 1 aromatic carbocycles. The van der Waals surface area contributed by atoms with E-state index in [1.165, 1.54) is 6.26 Å². The quantitative estimate of drug-likeness (QED) is 0.468. The normalized spacial score (nSPS) is 22.2. The molecule has 0 radical (unpaired) electrons. The number of ether oxygens (including phenoxy) is 1. The first-order valence-electron chi connectivity index (χ1n) is 11.7. The Morgan fingerprint density at radius 3 is 2.62 bits per heavy atom. The molecule has 0 bridgehead atoms. The highest BCUT2D eigenvalue weighted by Gasteiger charge is 2.37. The Hall–Kier alpha value is -2.22. The second-order valence-electron chi connectivity index (χ2n) is 8.62. The van der Waals surface area contributed by atoms with E-state index >= 15 is 0 Å². The van der Waals surface area contributed by atoms with Crippen molar-refractivity contribution in [3.05, 3.63) is 64.3 Å². The lowest BCUT2D eigenvalue weighted by Gasteiger charge is -2.36. The first kappa shape index (κ1) is 26.4. The summed E-state index contributed by atoms with van der Waals surface area (Å²) < 4.78 is 30.8. The summed E-state index contributed by atoms with van der Waals surface area (Å²) in [6.45, 7) is 8.94. The van der Waals surface area contributed by atoms with E-state index in [0.29, 0.717) is 31.1 Å². The molecule has 3 rings (SSSR count). The van der Waals surface area contributed by atoms with Crippen LogP contribution in [-0.2, 0) is 19.6 Å². The molecule has 0 amide bonds. The Labute approximate surface area is 208 Å². The SMILES string of the molecule is C=CN=C1/C(=C\C)C(CCC(=O)OCC)=Cc2cc(Cl)ccc2C1C1CCN(S(C)(=O)=O)CC1. The Morgan fingerprint density at radius 2 is 2.03 bits per heavy atom. The minimum absolute atomic E-state index is 0.0467. The van der Waals surface area contributed by atoms with Gasteiger partial charge in [0.05, 0.1) is 18.6 Å². The predicted octanol–water partition coefficient (Wildman–Crippen LogP) is 5.37. The van der Waals surface area contributed by atoms with Crippen LogP contribution in [0.4, 0.5) is 0 Å². The molecule has 6 nitrogen and oxygen atoms in total. The third kappa shape index (κ3) is 6.06. The van der Waals surface area contributed by atoms with E-state index in [1.807, 2.05) is 31.2 Å². The van der Waals surface area contributed by atoms with Crippen molar-refractivity contribution < 1.29 is 17.9 Å². The molecule has 1 aliphatic carbocycles. The van der Waals surface area contributed by atoms with E-state index in [4.69, 9.17) is 21.3 Å².